The zero-order valence-electron chi connectivity index (χ0n) is 11.5. The Kier molecular flexibility index (Phi) is 5.41. The van der Waals surface area contributed by atoms with Gasteiger partial charge >= 0.3 is 6.03 Å². The summed E-state index contributed by atoms with van der Waals surface area (Å²) in [5.74, 6) is 0.475. The molecule has 1 aliphatic carbocycles. The summed E-state index contributed by atoms with van der Waals surface area (Å²) >= 11 is 0. The van der Waals surface area contributed by atoms with Gasteiger partial charge in [-0.2, -0.15) is 0 Å². The third-order valence-corrected chi connectivity index (χ3v) is 3.24. The Bertz CT molecular complexity index is 444. The maximum atomic E-state index is 11.5. The van der Waals surface area contributed by atoms with Crippen molar-refractivity contribution in [1.29, 1.82) is 0 Å². The van der Waals surface area contributed by atoms with Crippen LogP contribution < -0.4 is 16.0 Å². The SMILES string of the molecule is O=C(CNC(=O)NCC1CC1)NCCc1ccccc1. The van der Waals surface area contributed by atoms with Gasteiger partial charge in [-0.15, -0.1) is 0 Å². The molecule has 0 aliphatic heterocycles. The summed E-state index contributed by atoms with van der Waals surface area (Å²) in [5.41, 5.74) is 1.18. The van der Waals surface area contributed by atoms with Crippen LogP contribution in [0.15, 0.2) is 30.3 Å². The molecule has 1 aromatic carbocycles. The lowest BCUT2D eigenvalue weighted by atomic mass is 10.1. The molecular formula is C15H21N3O2. The Labute approximate surface area is 119 Å². The van der Waals surface area contributed by atoms with Gasteiger partial charge in [0.1, 0.15) is 0 Å². The highest BCUT2D eigenvalue weighted by atomic mass is 16.2. The molecule has 1 aromatic rings. The maximum Gasteiger partial charge on any atom is 0.315 e. The lowest BCUT2D eigenvalue weighted by Crippen LogP contribution is -2.42. The fraction of sp³-hybridized carbons (Fsp3) is 0.467. The molecule has 0 aromatic heterocycles. The second-order valence-corrected chi connectivity index (χ2v) is 5.09. The molecule has 108 valence electrons. The van der Waals surface area contributed by atoms with Crippen molar-refractivity contribution in [2.24, 2.45) is 5.92 Å². The largest absolute Gasteiger partial charge is 0.354 e. The van der Waals surface area contributed by atoms with Gasteiger partial charge in [0.2, 0.25) is 5.91 Å². The van der Waals surface area contributed by atoms with E-state index in [1.54, 1.807) is 0 Å². The Balaban J connectivity index is 1.52. The number of amides is 3. The van der Waals surface area contributed by atoms with Crippen LogP contribution in [0.2, 0.25) is 0 Å². The molecule has 5 heteroatoms. The summed E-state index contributed by atoms with van der Waals surface area (Å²) < 4.78 is 0. The van der Waals surface area contributed by atoms with E-state index in [0.29, 0.717) is 19.0 Å². The Morgan fingerprint density at radius 1 is 1.05 bits per heavy atom. The van der Waals surface area contributed by atoms with Crippen LogP contribution in [-0.2, 0) is 11.2 Å². The average molecular weight is 275 g/mol. The van der Waals surface area contributed by atoms with Crippen LogP contribution >= 0.6 is 0 Å². The monoisotopic (exact) mass is 275 g/mol. The van der Waals surface area contributed by atoms with Crippen LogP contribution in [0.25, 0.3) is 0 Å². The van der Waals surface area contributed by atoms with E-state index >= 15 is 0 Å². The zero-order chi connectivity index (χ0) is 14.2. The first-order valence-electron chi connectivity index (χ1n) is 7.06. The molecular weight excluding hydrogens is 254 g/mol. The predicted molar refractivity (Wildman–Crippen MR) is 77.3 cm³/mol. The number of benzene rings is 1. The van der Waals surface area contributed by atoms with Crippen LogP contribution in [-0.4, -0.2) is 31.6 Å². The lowest BCUT2D eigenvalue weighted by Gasteiger charge is -2.08. The van der Waals surface area contributed by atoms with Crippen molar-refractivity contribution >= 4 is 11.9 Å². The summed E-state index contributed by atoms with van der Waals surface area (Å²) in [6.45, 7) is 1.31. The topological polar surface area (TPSA) is 70.2 Å². The van der Waals surface area contributed by atoms with Gasteiger partial charge in [0.15, 0.2) is 0 Å². The molecule has 1 saturated carbocycles. The van der Waals surface area contributed by atoms with Crippen molar-refractivity contribution in [3.05, 3.63) is 35.9 Å². The lowest BCUT2D eigenvalue weighted by molar-refractivity contribution is -0.120. The Hall–Kier alpha value is -2.04. The zero-order valence-corrected chi connectivity index (χ0v) is 11.5. The molecule has 0 radical (unpaired) electrons. The van der Waals surface area contributed by atoms with Gasteiger partial charge in [-0.1, -0.05) is 30.3 Å². The van der Waals surface area contributed by atoms with Crippen molar-refractivity contribution in [1.82, 2.24) is 16.0 Å². The standard InChI is InChI=1S/C15H21N3O2/c19-14(11-18-15(20)17-10-13-6-7-13)16-9-8-12-4-2-1-3-5-12/h1-5,13H,6-11H2,(H,16,19)(H2,17,18,20). The minimum Gasteiger partial charge on any atom is -0.354 e. The van der Waals surface area contributed by atoms with E-state index in [4.69, 9.17) is 0 Å². The first-order chi connectivity index (χ1) is 9.74. The van der Waals surface area contributed by atoms with Crippen molar-refractivity contribution in [2.75, 3.05) is 19.6 Å². The van der Waals surface area contributed by atoms with Gasteiger partial charge in [-0.05, 0) is 30.7 Å². The molecule has 0 unspecified atom stereocenters. The highest BCUT2D eigenvalue weighted by molar-refractivity contribution is 5.83. The van der Waals surface area contributed by atoms with Gasteiger partial charge in [0.25, 0.3) is 0 Å². The Morgan fingerprint density at radius 3 is 2.50 bits per heavy atom. The smallest absolute Gasteiger partial charge is 0.315 e. The van der Waals surface area contributed by atoms with E-state index in [-0.39, 0.29) is 18.5 Å². The molecule has 1 aliphatic rings. The van der Waals surface area contributed by atoms with Crippen LogP contribution in [0.1, 0.15) is 18.4 Å². The summed E-state index contributed by atoms with van der Waals surface area (Å²) in [5, 5.41) is 8.09. The first-order valence-corrected chi connectivity index (χ1v) is 7.06. The van der Waals surface area contributed by atoms with Crippen molar-refractivity contribution in [3.8, 4) is 0 Å². The minimum absolute atomic E-state index is 0.0191. The van der Waals surface area contributed by atoms with E-state index < -0.39 is 0 Å². The molecule has 0 bridgehead atoms. The predicted octanol–water partition coefficient (Wildman–Crippen LogP) is 1.05. The molecule has 0 saturated heterocycles. The molecule has 20 heavy (non-hydrogen) atoms. The van der Waals surface area contributed by atoms with Gasteiger partial charge in [0.05, 0.1) is 6.54 Å². The quantitative estimate of drug-likeness (QED) is 0.696. The Morgan fingerprint density at radius 2 is 1.80 bits per heavy atom. The molecule has 2 rings (SSSR count). The van der Waals surface area contributed by atoms with E-state index in [1.165, 1.54) is 18.4 Å². The second-order valence-electron chi connectivity index (χ2n) is 5.09. The highest BCUT2D eigenvalue weighted by Gasteiger charge is 2.21. The fourth-order valence-electron chi connectivity index (χ4n) is 1.84. The molecule has 0 spiro atoms. The summed E-state index contributed by atoms with van der Waals surface area (Å²) in [7, 11) is 0. The normalized spacial score (nSPS) is 13.6. The maximum absolute atomic E-state index is 11.5. The van der Waals surface area contributed by atoms with E-state index in [0.717, 1.165) is 6.42 Å². The third kappa shape index (κ3) is 5.73. The third-order valence-electron chi connectivity index (χ3n) is 3.24. The van der Waals surface area contributed by atoms with Crippen LogP contribution in [0.5, 0.6) is 0 Å². The van der Waals surface area contributed by atoms with E-state index in [9.17, 15) is 9.59 Å². The van der Waals surface area contributed by atoms with E-state index in [1.807, 2.05) is 30.3 Å². The van der Waals surface area contributed by atoms with Crippen molar-refractivity contribution in [2.45, 2.75) is 19.3 Å². The fourth-order valence-corrected chi connectivity index (χ4v) is 1.84. The summed E-state index contributed by atoms with van der Waals surface area (Å²) in [4.78, 5) is 22.9. The molecule has 1 fully saturated rings. The van der Waals surface area contributed by atoms with Gasteiger partial charge in [-0.3, -0.25) is 4.79 Å². The number of urea groups is 1. The van der Waals surface area contributed by atoms with E-state index in [2.05, 4.69) is 16.0 Å². The second kappa shape index (κ2) is 7.53. The molecule has 0 atom stereocenters. The summed E-state index contributed by atoms with van der Waals surface area (Å²) in [6.07, 6.45) is 3.18. The molecule has 3 amide bonds. The van der Waals surface area contributed by atoms with Crippen molar-refractivity contribution < 1.29 is 9.59 Å². The average Bonchev–Trinajstić information content (AvgIpc) is 3.28. The van der Waals surface area contributed by atoms with Crippen LogP contribution in [0.3, 0.4) is 0 Å². The van der Waals surface area contributed by atoms with Gasteiger partial charge in [-0.25, -0.2) is 4.79 Å². The number of carbonyl (C=O) groups is 2. The van der Waals surface area contributed by atoms with Gasteiger partial charge in [0, 0.05) is 13.1 Å². The van der Waals surface area contributed by atoms with Crippen LogP contribution in [0, 0.1) is 5.92 Å². The number of hydrogen-bond acceptors (Lipinski definition) is 2. The number of carbonyl (C=O) groups excluding carboxylic acids is 2. The molecule has 3 N–H and O–H groups in total. The minimum atomic E-state index is -0.268. The number of rotatable bonds is 7. The molecule has 5 nitrogen and oxygen atoms in total. The van der Waals surface area contributed by atoms with Crippen LogP contribution in [0.4, 0.5) is 4.79 Å². The number of nitrogens with one attached hydrogen (secondary N) is 3. The first kappa shape index (κ1) is 14.4. The molecule has 0 heterocycles. The summed E-state index contributed by atoms with van der Waals surface area (Å²) in [6, 6.07) is 9.69. The highest BCUT2D eigenvalue weighted by Crippen LogP contribution is 2.27. The number of hydrogen-bond donors (Lipinski definition) is 3. The van der Waals surface area contributed by atoms with Gasteiger partial charge < -0.3 is 16.0 Å². The van der Waals surface area contributed by atoms with Crippen molar-refractivity contribution in [3.63, 3.8) is 0 Å².